The van der Waals surface area contributed by atoms with Crippen LogP contribution in [-0.2, 0) is 25.2 Å². The Labute approximate surface area is 219 Å². The van der Waals surface area contributed by atoms with Crippen LogP contribution >= 0.6 is 0 Å². The minimum absolute atomic E-state index is 0.236. The second-order valence-electron chi connectivity index (χ2n) is 10.0. The fraction of sp³-hybridized carbons (Fsp3) is 0.517. The van der Waals surface area contributed by atoms with Crippen LogP contribution in [0.5, 0.6) is 17.2 Å². The van der Waals surface area contributed by atoms with Crippen molar-refractivity contribution < 1.29 is 28.5 Å². The number of benzene rings is 2. The number of ether oxygens (including phenoxy) is 4. The molecular formula is C29H38N2O6. The summed E-state index contributed by atoms with van der Waals surface area (Å²) in [6.45, 7) is 1.99. The summed E-state index contributed by atoms with van der Waals surface area (Å²) in [4.78, 5) is 25.8. The van der Waals surface area contributed by atoms with E-state index in [1.165, 1.54) is 0 Å². The second kappa shape index (κ2) is 11.9. The highest BCUT2D eigenvalue weighted by molar-refractivity contribution is 6.35. The largest absolute Gasteiger partial charge is 0.497 e. The lowest BCUT2D eigenvalue weighted by Gasteiger charge is -2.38. The quantitative estimate of drug-likeness (QED) is 0.502. The summed E-state index contributed by atoms with van der Waals surface area (Å²) in [5.41, 5.74) is 1.67. The van der Waals surface area contributed by atoms with E-state index in [4.69, 9.17) is 18.9 Å². The maximum absolute atomic E-state index is 12.9. The van der Waals surface area contributed by atoms with Crippen LogP contribution in [0.1, 0.15) is 49.7 Å². The first-order valence-electron chi connectivity index (χ1n) is 13.0. The van der Waals surface area contributed by atoms with Gasteiger partial charge in [-0.1, -0.05) is 31.0 Å². The van der Waals surface area contributed by atoms with Crippen molar-refractivity contribution in [2.75, 3.05) is 47.6 Å². The zero-order valence-corrected chi connectivity index (χ0v) is 22.1. The maximum Gasteiger partial charge on any atom is 0.309 e. The molecule has 200 valence electrons. The molecule has 2 aromatic rings. The Hall–Kier alpha value is -3.26. The maximum atomic E-state index is 12.9. The Kier molecular flexibility index (Phi) is 8.59. The van der Waals surface area contributed by atoms with Crippen molar-refractivity contribution in [2.45, 2.75) is 49.4 Å². The first-order chi connectivity index (χ1) is 17.9. The van der Waals surface area contributed by atoms with Crippen LogP contribution in [0.4, 0.5) is 0 Å². The van der Waals surface area contributed by atoms with E-state index in [-0.39, 0.29) is 10.8 Å². The molecule has 1 saturated carbocycles. The van der Waals surface area contributed by atoms with E-state index in [1.807, 2.05) is 42.5 Å². The van der Waals surface area contributed by atoms with Gasteiger partial charge in [0.15, 0.2) is 11.5 Å². The average molecular weight is 511 g/mol. The highest BCUT2D eigenvalue weighted by atomic mass is 16.5. The van der Waals surface area contributed by atoms with Gasteiger partial charge < -0.3 is 29.6 Å². The topological polar surface area (TPSA) is 95.1 Å². The van der Waals surface area contributed by atoms with Gasteiger partial charge in [-0.25, -0.2) is 0 Å². The first-order valence-corrected chi connectivity index (χ1v) is 13.0. The molecule has 4 rings (SSSR count). The van der Waals surface area contributed by atoms with Crippen LogP contribution < -0.4 is 24.8 Å². The second-order valence-corrected chi connectivity index (χ2v) is 10.0. The Morgan fingerprint density at radius 3 is 1.81 bits per heavy atom. The lowest BCUT2D eigenvalue weighted by Crippen LogP contribution is -2.50. The minimum atomic E-state index is -0.611. The van der Waals surface area contributed by atoms with E-state index in [0.29, 0.717) is 37.8 Å². The molecule has 8 nitrogen and oxygen atoms in total. The van der Waals surface area contributed by atoms with Crippen molar-refractivity contribution in [1.82, 2.24) is 10.6 Å². The number of methoxy groups -OCH3 is 3. The molecule has 2 aromatic carbocycles. The van der Waals surface area contributed by atoms with E-state index < -0.39 is 11.8 Å². The van der Waals surface area contributed by atoms with Gasteiger partial charge in [-0.15, -0.1) is 0 Å². The summed E-state index contributed by atoms with van der Waals surface area (Å²) in [5, 5.41) is 5.83. The van der Waals surface area contributed by atoms with Crippen molar-refractivity contribution >= 4 is 11.8 Å². The number of nitrogens with one attached hydrogen (secondary N) is 2. The molecule has 0 bridgehead atoms. The van der Waals surface area contributed by atoms with E-state index in [9.17, 15) is 9.59 Å². The fourth-order valence-electron chi connectivity index (χ4n) is 5.72. The summed E-state index contributed by atoms with van der Waals surface area (Å²) in [7, 11) is 4.87. The first kappa shape index (κ1) is 26.8. The van der Waals surface area contributed by atoms with E-state index in [2.05, 4.69) is 10.6 Å². The van der Waals surface area contributed by atoms with Gasteiger partial charge in [-0.2, -0.15) is 0 Å². The van der Waals surface area contributed by atoms with Crippen LogP contribution in [0.2, 0.25) is 0 Å². The smallest absolute Gasteiger partial charge is 0.309 e. The molecule has 2 amide bonds. The number of hydrogen-bond acceptors (Lipinski definition) is 6. The van der Waals surface area contributed by atoms with Crippen molar-refractivity contribution in [1.29, 1.82) is 0 Å². The summed E-state index contributed by atoms with van der Waals surface area (Å²) in [6, 6.07) is 13.8. The number of carbonyl (C=O) groups is 2. The van der Waals surface area contributed by atoms with Gasteiger partial charge in [0.25, 0.3) is 0 Å². The molecule has 2 aliphatic rings. The van der Waals surface area contributed by atoms with Crippen LogP contribution in [0.3, 0.4) is 0 Å². The van der Waals surface area contributed by atoms with Crippen LogP contribution in [0, 0.1) is 0 Å². The number of amides is 2. The Morgan fingerprint density at radius 2 is 1.27 bits per heavy atom. The predicted molar refractivity (Wildman–Crippen MR) is 140 cm³/mol. The van der Waals surface area contributed by atoms with Gasteiger partial charge in [0.1, 0.15) is 5.75 Å². The predicted octanol–water partition coefficient (Wildman–Crippen LogP) is 3.51. The fourth-order valence-corrected chi connectivity index (χ4v) is 5.72. The summed E-state index contributed by atoms with van der Waals surface area (Å²) < 4.78 is 21.8. The molecule has 0 unspecified atom stereocenters. The number of carbonyl (C=O) groups excluding carboxylic acids is 2. The zero-order valence-electron chi connectivity index (χ0n) is 22.1. The van der Waals surface area contributed by atoms with Crippen molar-refractivity contribution in [2.24, 2.45) is 0 Å². The molecule has 2 fully saturated rings. The third-order valence-corrected chi connectivity index (χ3v) is 8.09. The minimum Gasteiger partial charge on any atom is -0.497 e. The molecule has 8 heteroatoms. The van der Waals surface area contributed by atoms with Gasteiger partial charge in [-0.3, -0.25) is 9.59 Å². The highest BCUT2D eigenvalue weighted by Crippen LogP contribution is 2.43. The van der Waals surface area contributed by atoms with Gasteiger partial charge in [0.2, 0.25) is 0 Å². The molecule has 0 atom stereocenters. The molecule has 1 saturated heterocycles. The third kappa shape index (κ3) is 5.85. The Bertz CT molecular complexity index is 1070. The normalized spacial score (nSPS) is 18.0. The summed E-state index contributed by atoms with van der Waals surface area (Å²) in [5.74, 6) is 0.894. The Morgan fingerprint density at radius 1 is 0.730 bits per heavy atom. The lowest BCUT2D eigenvalue weighted by atomic mass is 9.74. The number of hydrogen-bond donors (Lipinski definition) is 2. The van der Waals surface area contributed by atoms with Gasteiger partial charge >= 0.3 is 11.8 Å². The van der Waals surface area contributed by atoms with Crippen LogP contribution in [-0.4, -0.2) is 59.4 Å². The zero-order chi connectivity index (χ0) is 26.3. The number of rotatable bonds is 9. The molecule has 1 aliphatic heterocycles. The third-order valence-electron chi connectivity index (χ3n) is 8.09. The standard InChI is InChI=1S/C29H38N2O6/c1-34-23-9-6-21(7-10-23)29(14-16-37-17-15-29)20-31-27(33)26(32)30-19-28(12-4-5-13-28)22-8-11-24(35-2)25(18-22)36-3/h6-11,18H,4-5,12-17,19-20H2,1-3H3,(H,30,32)(H,31,33). The van der Waals surface area contributed by atoms with Crippen LogP contribution in [0.25, 0.3) is 0 Å². The molecule has 0 radical (unpaired) electrons. The van der Waals surface area contributed by atoms with Gasteiger partial charge in [0.05, 0.1) is 21.3 Å². The monoisotopic (exact) mass is 510 g/mol. The molecule has 0 aromatic heterocycles. The van der Waals surface area contributed by atoms with Crippen molar-refractivity contribution in [3.8, 4) is 17.2 Å². The average Bonchev–Trinajstić information content (AvgIpc) is 3.45. The summed E-state index contributed by atoms with van der Waals surface area (Å²) >= 11 is 0. The van der Waals surface area contributed by atoms with Crippen LogP contribution in [0.15, 0.2) is 42.5 Å². The highest BCUT2D eigenvalue weighted by Gasteiger charge is 2.38. The van der Waals surface area contributed by atoms with E-state index in [1.54, 1.807) is 21.3 Å². The Balaban J connectivity index is 1.41. The van der Waals surface area contributed by atoms with E-state index >= 15 is 0 Å². The van der Waals surface area contributed by atoms with E-state index in [0.717, 1.165) is 55.4 Å². The van der Waals surface area contributed by atoms with Crippen molar-refractivity contribution in [3.63, 3.8) is 0 Å². The molecule has 1 heterocycles. The molecule has 37 heavy (non-hydrogen) atoms. The van der Waals surface area contributed by atoms with Gasteiger partial charge in [-0.05, 0) is 61.1 Å². The molecular weight excluding hydrogens is 472 g/mol. The molecule has 2 N–H and O–H groups in total. The SMILES string of the molecule is COc1ccc(C2(CNC(=O)C(=O)NCC3(c4ccc(OC)c(OC)c4)CCCC3)CCOCC2)cc1. The summed E-state index contributed by atoms with van der Waals surface area (Å²) in [6.07, 6.45) is 5.55. The molecule has 0 spiro atoms. The molecule has 1 aliphatic carbocycles. The van der Waals surface area contributed by atoms with Gasteiger partial charge in [0, 0.05) is 37.1 Å². The van der Waals surface area contributed by atoms with Crippen molar-refractivity contribution in [3.05, 3.63) is 53.6 Å². The lowest BCUT2D eigenvalue weighted by molar-refractivity contribution is -0.139.